The molecule has 16 heavy (non-hydrogen) atoms. The van der Waals surface area contributed by atoms with Gasteiger partial charge in [-0.05, 0) is 19.1 Å². The van der Waals surface area contributed by atoms with Crippen molar-refractivity contribution in [3.05, 3.63) is 47.2 Å². The zero-order valence-electron chi connectivity index (χ0n) is 8.74. The summed E-state index contributed by atoms with van der Waals surface area (Å²) in [7, 11) is 0. The Bertz CT molecular complexity index is 692. The summed E-state index contributed by atoms with van der Waals surface area (Å²) in [6, 6.07) is 9.97. The average molecular weight is 229 g/mol. The normalized spacial score (nSPS) is 11.1. The van der Waals surface area contributed by atoms with Gasteiger partial charge in [0.05, 0.1) is 21.7 Å². The zero-order valence-corrected chi connectivity index (χ0v) is 9.49. The van der Waals surface area contributed by atoms with Gasteiger partial charge < -0.3 is 0 Å². The Morgan fingerprint density at radius 1 is 1.06 bits per heavy atom. The molecule has 3 heteroatoms. The summed E-state index contributed by atoms with van der Waals surface area (Å²) >= 11 is 6.06. The van der Waals surface area contributed by atoms with Crippen LogP contribution in [0.25, 0.3) is 21.8 Å². The number of rotatable bonds is 0. The Morgan fingerprint density at radius 3 is 2.75 bits per heavy atom. The van der Waals surface area contributed by atoms with Gasteiger partial charge in [0.25, 0.3) is 0 Å². The number of benzene rings is 1. The second-order valence-corrected chi connectivity index (χ2v) is 4.18. The van der Waals surface area contributed by atoms with E-state index in [4.69, 9.17) is 11.6 Å². The molecular formula is C13H9ClN2. The van der Waals surface area contributed by atoms with Crippen LogP contribution in [-0.4, -0.2) is 9.97 Å². The Kier molecular flexibility index (Phi) is 2.04. The van der Waals surface area contributed by atoms with E-state index < -0.39 is 0 Å². The molecule has 3 rings (SSSR count). The van der Waals surface area contributed by atoms with Crippen LogP contribution in [0.1, 0.15) is 5.69 Å². The summed E-state index contributed by atoms with van der Waals surface area (Å²) in [5.41, 5.74) is 2.69. The van der Waals surface area contributed by atoms with Gasteiger partial charge in [-0.25, -0.2) is 4.98 Å². The summed E-state index contributed by atoms with van der Waals surface area (Å²) in [5, 5.41) is 2.83. The second kappa shape index (κ2) is 3.42. The molecule has 0 fully saturated rings. The average Bonchev–Trinajstić information content (AvgIpc) is 2.31. The minimum absolute atomic E-state index is 0.697. The predicted molar refractivity (Wildman–Crippen MR) is 66.8 cm³/mol. The Hall–Kier alpha value is -1.67. The monoisotopic (exact) mass is 228 g/mol. The SMILES string of the molecule is Cc1nc2c(ccc3cccnc32)cc1Cl. The van der Waals surface area contributed by atoms with Gasteiger partial charge >= 0.3 is 0 Å². The van der Waals surface area contributed by atoms with E-state index in [-0.39, 0.29) is 0 Å². The first-order chi connectivity index (χ1) is 7.75. The highest BCUT2D eigenvalue weighted by Crippen LogP contribution is 2.25. The number of fused-ring (bicyclic) bond motifs is 3. The number of hydrogen-bond acceptors (Lipinski definition) is 2. The number of aryl methyl sites for hydroxylation is 1. The molecule has 2 aromatic heterocycles. The first kappa shape index (κ1) is 9.55. The summed E-state index contributed by atoms with van der Waals surface area (Å²) in [4.78, 5) is 8.88. The smallest absolute Gasteiger partial charge is 0.0968 e. The van der Waals surface area contributed by atoms with E-state index in [0.717, 1.165) is 27.5 Å². The standard InChI is InChI=1S/C13H9ClN2/c1-8-11(14)7-10-5-4-9-3-2-6-15-12(9)13(10)16-8/h2-7H,1H3. The lowest BCUT2D eigenvalue weighted by Gasteiger charge is -2.04. The topological polar surface area (TPSA) is 25.8 Å². The second-order valence-electron chi connectivity index (χ2n) is 3.77. The van der Waals surface area contributed by atoms with Gasteiger partial charge in [-0.1, -0.05) is 29.8 Å². The van der Waals surface area contributed by atoms with Crippen molar-refractivity contribution in [1.29, 1.82) is 0 Å². The quantitative estimate of drug-likeness (QED) is 0.548. The molecule has 0 aliphatic rings. The van der Waals surface area contributed by atoms with Crippen LogP contribution in [0.4, 0.5) is 0 Å². The third-order valence-electron chi connectivity index (χ3n) is 2.69. The van der Waals surface area contributed by atoms with E-state index in [1.165, 1.54) is 0 Å². The minimum atomic E-state index is 0.697. The molecule has 1 aromatic carbocycles. The van der Waals surface area contributed by atoms with E-state index in [0.29, 0.717) is 5.02 Å². The molecule has 0 atom stereocenters. The van der Waals surface area contributed by atoms with Crippen LogP contribution >= 0.6 is 11.6 Å². The summed E-state index contributed by atoms with van der Waals surface area (Å²) in [6.07, 6.45) is 1.79. The Morgan fingerprint density at radius 2 is 1.88 bits per heavy atom. The van der Waals surface area contributed by atoms with E-state index in [2.05, 4.69) is 9.97 Å². The van der Waals surface area contributed by atoms with Crippen LogP contribution in [0, 0.1) is 6.92 Å². The molecule has 0 saturated heterocycles. The first-order valence-electron chi connectivity index (χ1n) is 5.06. The maximum Gasteiger partial charge on any atom is 0.0968 e. The van der Waals surface area contributed by atoms with Crippen molar-refractivity contribution < 1.29 is 0 Å². The van der Waals surface area contributed by atoms with Crippen molar-refractivity contribution in [2.75, 3.05) is 0 Å². The molecule has 0 N–H and O–H groups in total. The van der Waals surface area contributed by atoms with Crippen LogP contribution < -0.4 is 0 Å². The lowest BCUT2D eigenvalue weighted by Crippen LogP contribution is -1.88. The van der Waals surface area contributed by atoms with Gasteiger partial charge in [-0.15, -0.1) is 0 Å². The number of pyridine rings is 2. The van der Waals surface area contributed by atoms with Crippen molar-refractivity contribution in [2.24, 2.45) is 0 Å². The van der Waals surface area contributed by atoms with E-state index in [1.54, 1.807) is 6.20 Å². The van der Waals surface area contributed by atoms with E-state index >= 15 is 0 Å². The maximum atomic E-state index is 6.06. The molecular weight excluding hydrogens is 220 g/mol. The summed E-state index contributed by atoms with van der Waals surface area (Å²) < 4.78 is 0. The van der Waals surface area contributed by atoms with Crippen molar-refractivity contribution in [2.45, 2.75) is 6.92 Å². The Balaban J connectivity index is 2.55. The molecule has 0 aliphatic carbocycles. The van der Waals surface area contributed by atoms with Gasteiger partial charge in [0.15, 0.2) is 0 Å². The molecule has 0 spiro atoms. The molecule has 2 nitrogen and oxygen atoms in total. The minimum Gasteiger partial charge on any atom is -0.254 e. The molecule has 0 unspecified atom stereocenters. The lowest BCUT2D eigenvalue weighted by molar-refractivity contribution is 1.25. The largest absolute Gasteiger partial charge is 0.254 e. The summed E-state index contributed by atoms with van der Waals surface area (Å²) in [6.45, 7) is 1.91. The third kappa shape index (κ3) is 1.34. The van der Waals surface area contributed by atoms with Crippen molar-refractivity contribution in [3.8, 4) is 0 Å². The number of nitrogens with zero attached hydrogens (tertiary/aromatic N) is 2. The van der Waals surface area contributed by atoms with Crippen LogP contribution in [0.3, 0.4) is 0 Å². The number of halogens is 1. The molecule has 3 aromatic rings. The van der Waals surface area contributed by atoms with Gasteiger partial charge in [-0.3, -0.25) is 4.98 Å². The maximum absolute atomic E-state index is 6.06. The first-order valence-corrected chi connectivity index (χ1v) is 5.44. The molecule has 0 amide bonds. The van der Waals surface area contributed by atoms with Gasteiger partial charge in [0.2, 0.25) is 0 Å². The summed E-state index contributed by atoms with van der Waals surface area (Å²) in [5.74, 6) is 0. The zero-order chi connectivity index (χ0) is 11.1. The molecule has 0 saturated carbocycles. The fourth-order valence-electron chi connectivity index (χ4n) is 1.84. The molecule has 2 heterocycles. The highest BCUT2D eigenvalue weighted by molar-refractivity contribution is 6.32. The molecule has 0 radical (unpaired) electrons. The number of aromatic nitrogens is 2. The molecule has 0 aliphatic heterocycles. The molecule has 0 bridgehead atoms. The predicted octanol–water partition coefficient (Wildman–Crippen LogP) is 3.74. The van der Waals surface area contributed by atoms with Crippen molar-refractivity contribution in [1.82, 2.24) is 9.97 Å². The van der Waals surface area contributed by atoms with Crippen LogP contribution in [0.2, 0.25) is 5.02 Å². The third-order valence-corrected chi connectivity index (χ3v) is 3.07. The van der Waals surface area contributed by atoms with Gasteiger partial charge in [0.1, 0.15) is 0 Å². The van der Waals surface area contributed by atoms with Crippen LogP contribution in [0.15, 0.2) is 36.5 Å². The lowest BCUT2D eigenvalue weighted by atomic mass is 10.1. The fraction of sp³-hybridized carbons (Fsp3) is 0.0769. The highest BCUT2D eigenvalue weighted by Gasteiger charge is 2.05. The van der Waals surface area contributed by atoms with Gasteiger partial charge in [0, 0.05) is 17.0 Å². The van der Waals surface area contributed by atoms with E-state index in [9.17, 15) is 0 Å². The van der Waals surface area contributed by atoms with Crippen LogP contribution in [0.5, 0.6) is 0 Å². The fourth-order valence-corrected chi connectivity index (χ4v) is 2.00. The Labute approximate surface area is 97.9 Å². The highest BCUT2D eigenvalue weighted by atomic mass is 35.5. The van der Waals surface area contributed by atoms with Crippen LogP contribution in [-0.2, 0) is 0 Å². The van der Waals surface area contributed by atoms with Crippen molar-refractivity contribution in [3.63, 3.8) is 0 Å². The van der Waals surface area contributed by atoms with Gasteiger partial charge in [-0.2, -0.15) is 0 Å². The molecule has 78 valence electrons. The number of hydrogen-bond donors (Lipinski definition) is 0. The van der Waals surface area contributed by atoms with Crippen molar-refractivity contribution >= 4 is 33.4 Å². The van der Waals surface area contributed by atoms with E-state index in [1.807, 2.05) is 37.3 Å².